The van der Waals surface area contributed by atoms with Crippen LogP contribution in [0, 0.1) is 11.3 Å². The van der Waals surface area contributed by atoms with Gasteiger partial charge in [0.25, 0.3) is 0 Å². The second kappa shape index (κ2) is 7.58. The van der Waals surface area contributed by atoms with E-state index in [1.165, 1.54) is 18.6 Å². The van der Waals surface area contributed by atoms with Crippen molar-refractivity contribution in [3.63, 3.8) is 0 Å². The molecule has 0 aliphatic rings. The fourth-order valence-electron chi connectivity index (χ4n) is 1.57. The Kier molecular flexibility index (Phi) is 8.35. The van der Waals surface area contributed by atoms with E-state index in [0.717, 1.165) is 16.6 Å². The third-order valence-corrected chi connectivity index (χ3v) is 5.24. The highest BCUT2D eigenvalue weighted by molar-refractivity contribution is 9.09. The summed E-state index contributed by atoms with van der Waals surface area (Å²) < 4.78 is 0. The van der Waals surface area contributed by atoms with Crippen LogP contribution in [-0.4, -0.2) is 22.7 Å². The number of thioether (sulfide) groups is 1. The normalized spacial score (nSPS) is 12.5. The van der Waals surface area contributed by atoms with Crippen LogP contribution in [0.4, 0.5) is 0 Å². The number of hydrogen-bond donors (Lipinski definition) is 0. The minimum absolute atomic E-state index is 0.469. The summed E-state index contributed by atoms with van der Waals surface area (Å²) >= 11 is 9.25. The van der Waals surface area contributed by atoms with Crippen LogP contribution in [0.3, 0.4) is 0 Å². The summed E-state index contributed by atoms with van der Waals surface area (Å²) in [4.78, 5) is 0. The summed E-state index contributed by atoms with van der Waals surface area (Å²) in [5.41, 5.74) is 0.469. The SMILES string of the molecule is CSCCC(CBr)(CBr)CC(C)C. The molecule has 0 aromatic rings. The molecule has 0 aliphatic heterocycles. The van der Waals surface area contributed by atoms with Gasteiger partial charge < -0.3 is 0 Å². The molecule has 0 heterocycles. The molecule has 0 nitrogen and oxygen atoms in total. The fraction of sp³-hybridized carbons (Fsp3) is 1.00. The maximum absolute atomic E-state index is 3.65. The maximum atomic E-state index is 3.65. The lowest BCUT2D eigenvalue weighted by Gasteiger charge is -2.31. The lowest BCUT2D eigenvalue weighted by Crippen LogP contribution is -2.27. The molecule has 0 rings (SSSR count). The second-order valence-corrected chi connectivity index (χ2v) is 6.22. The van der Waals surface area contributed by atoms with E-state index in [9.17, 15) is 0 Å². The van der Waals surface area contributed by atoms with Crippen LogP contribution in [0.15, 0.2) is 0 Å². The Morgan fingerprint density at radius 1 is 1.23 bits per heavy atom. The minimum atomic E-state index is 0.469. The van der Waals surface area contributed by atoms with Crippen LogP contribution in [0.1, 0.15) is 26.7 Å². The predicted molar refractivity (Wildman–Crippen MR) is 72.5 cm³/mol. The summed E-state index contributed by atoms with van der Waals surface area (Å²) in [5.74, 6) is 2.06. The Morgan fingerprint density at radius 2 is 1.77 bits per heavy atom. The maximum Gasteiger partial charge on any atom is 0.00963 e. The highest BCUT2D eigenvalue weighted by Gasteiger charge is 2.27. The van der Waals surface area contributed by atoms with Crippen LogP contribution >= 0.6 is 43.6 Å². The van der Waals surface area contributed by atoms with E-state index in [4.69, 9.17) is 0 Å². The van der Waals surface area contributed by atoms with Crippen molar-refractivity contribution >= 4 is 43.6 Å². The van der Waals surface area contributed by atoms with E-state index in [1.807, 2.05) is 11.8 Å². The van der Waals surface area contributed by atoms with Gasteiger partial charge in [0, 0.05) is 10.7 Å². The van der Waals surface area contributed by atoms with Crippen molar-refractivity contribution in [1.29, 1.82) is 0 Å². The molecular formula is C10H20Br2S. The predicted octanol–water partition coefficient (Wildman–Crippen LogP) is 4.56. The lowest BCUT2D eigenvalue weighted by molar-refractivity contribution is 0.298. The monoisotopic (exact) mass is 330 g/mol. The van der Waals surface area contributed by atoms with Gasteiger partial charge in [-0.05, 0) is 36.2 Å². The van der Waals surface area contributed by atoms with E-state index in [0.29, 0.717) is 5.41 Å². The molecule has 0 saturated carbocycles. The third kappa shape index (κ3) is 5.68. The topological polar surface area (TPSA) is 0 Å². The van der Waals surface area contributed by atoms with Gasteiger partial charge in [-0.2, -0.15) is 11.8 Å². The van der Waals surface area contributed by atoms with Gasteiger partial charge in [-0.15, -0.1) is 0 Å². The molecule has 0 radical (unpaired) electrons. The van der Waals surface area contributed by atoms with Crippen LogP contribution < -0.4 is 0 Å². The summed E-state index contributed by atoms with van der Waals surface area (Å²) in [6.07, 6.45) is 4.80. The highest BCUT2D eigenvalue weighted by Crippen LogP contribution is 2.35. The van der Waals surface area contributed by atoms with Crippen molar-refractivity contribution in [2.75, 3.05) is 22.7 Å². The van der Waals surface area contributed by atoms with Crippen molar-refractivity contribution in [1.82, 2.24) is 0 Å². The molecule has 0 amide bonds. The van der Waals surface area contributed by atoms with Gasteiger partial charge in [0.05, 0.1) is 0 Å². The van der Waals surface area contributed by atoms with Crippen molar-refractivity contribution in [3.05, 3.63) is 0 Å². The molecule has 0 unspecified atom stereocenters. The van der Waals surface area contributed by atoms with Gasteiger partial charge in [-0.3, -0.25) is 0 Å². The molecule has 0 saturated heterocycles. The largest absolute Gasteiger partial charge is 0.165 e. The zero-order valence-electron chi connectivity index (χ0n) is 8.78. The number of alkyl halides is 2. The molecule has 0 atom stereocenters. The van der Waals surface area contributed by atoms with Crippen molar-refractivity contribution in [3.8, 4) is 0 Å². The first-order valence-corrected chi connectivity index (χ1v) is 8.35. The Balaban J connectivity index is 4.13. The summed E-state index contributed by atoms with van der Waals surface area (Å²) in [6.45, 7) is 4.61. The third-order valence-electron chi connectivity index (χ3n) is 2.24. The number of halogens is 2. The fourth-order valence-corrected chi connectivity index (χ4v) is 4.15. The Morgan fingerprint density at radius 3 is 2.08 bits per heavy atom. The van der Waals surface area contributed by atoms with Crippen molar-refractivity contribution < 1.29 is 0 Å². The summed E-state index contributed by atoms with van der Waals surface area (Å²) in [5, 5.41) is 2.23. The molecule has 0 bridgehead atoms. The molecule has 0 spiro atoms. The standard InChI is InChI=1S/C10H20Br2S/c1-9(2)6-10(7-11,8-12)4-5-13-3/h9H,4-8H2,1-3H3. The molecule has 0 N–H and O–H groups in total. The molecule has 0 fully saturated rings. The first-order valence-electron chi connectivity index (χ1n) is 4.71. The van der Waals surface area contributed by atoms with E-state index in [2.05, 4.69) is 52.0 Å². The minimum Gasteiger partial charge on any atom is -0.165 e. The van der Waals surface area contributed by atoms with Crippen LogP contribution in [0.5, 0.6) is 0 Å². The van der Waals surface area contributed by atoms with E-state index in [-0.39, 0.29) is 0 Å². The average Bonchev–Trinajstić information content (AvgIpc) is 2.12. The zero-order chi connectivity index (χ0) is 10.3. The number of rotatable bonds is 7. The molecule has 3 heteroatoms. The van der Waals surface area contributed by atoms with Crippen LogP contribution in [0.25, 0.3) is 0 Å². The number of hydrogen-bond acceptors (Lipinski definition) is 1. The van der Waals surface area contributed by atoms with Crippen LogP contribution in [0.2, 0.25) is 0 Å². The quantitative estimate of drug-likeness (QED) is 0.616. The van der Waals surface area contributed by atoms with Gasteiger partial charge >= 0.3 is 0 Å². The second-order valence-electron chi connectivity index (χ2n) is 4.11. The van der Waals surface area contributed by atoms with Crippen molar-refractivity contribution in [2.45, 2.75) is 26.7 Å². The molecule has 13 heavy (non-hydrogen) atoms. The van der Waals surface area contributed by atoms with Gasteiger partial charge in [-0.1, -0.05) is 45.7 Å². The Hall–Kier alpha value is 1.31. The first kappa shape index (κ1) is 14.3. The average molecular weight is 332 g/mol. The van der Waals surface area contributed by atoms with E-state index in [1.54, 1.807) is 0 Å². The Labute approximate surface area is 104 Å². The molecule has 80 valence electrons. The molecule has 0 aromatic carbocycles. The summed E-state index contributed by atoms with van der Waals surface area (Å²) in [7, 11) is 0. The molecular weight excluding hydrogens is 312 g/mol. The first-order chi connectivity index (χ1) is 6.10. The van der Waals surface area contributed by atoms with Crippen molar-refractivity contribution in [2.24, 2.45) is 11.3 Å². The van der Waals surface area contributed by atoms with Gasteiger partial charge in [0.2, 0.25) is 0 Å². The van der Waals surface area contributed by atoms with E-state index >= 15 is 0 Å². The molecule has 0 aliphatic carbocycles. The van der Waals surface area contributed by atoms with Gasteiger partial charge in [0.1, 0.15) is 0 Å². The van der Waals surface area contributed by atoms with Gasteiger partial charge in [0.15, 0.2) is 0 Å². The van der Waals surface area contributed by atoms with Crippen LogP contribution in [-0.2, 0) is 0 Å². The van der Waals surface area contributed by atoms with Gasteiger partial charge in [-0.25, -0.2) is 0 Å². The highest BCUT2D eigenvalue weighted by atomic mass is 79.9. The lowest BCUT2D eigenvalue weighted by atomic mass is 9.82. The smallest absolute Gasteiger partial charge is 0.00963 e. The zero-order valence-corrected chi connectivity index (χ0v) is 12.8. The Bertz CT molecular complexity index is 122. The summed E-state index contributed by atoms with van der Waals surface area (Å²) in [6, 6.07) is 0. The molecule has 0 aromatic heterocycles. The van der Waals surface area contributed by atoms with E-state index < -0.39 is 0 Å².